The van der Waals surface area contributed by atoms with E-state index in [0.29, 0.717) is 29.0 Å². The van der Waals surface area contributed by atoms with Crippen molar-refractivity contribution in [1.82, 2.24) is 14.5 Å². The maximum absolute atomic E-state index is 13.6. The summed E-state index contributed by atoms with van der Waals surface area (Å²) in [6, 6.07) is 6.05. The van der Waals surface area contributed by atoms with Crippen molar-refractivity contribution >= 4 is 22.8 Å². The van der Waals surface area contributed by atoms with E-state index in [1.54, 1.807) is 29.7 Å². The number of nitrogens with two attached hydrogens (primary N) is 1. The average Bonchev–Trinajstić information content (AvgIpc) is 3.19. The predicted molar refractivity (Wildman–Crippen MR) is 131 cm³/mol. The molecule has 4 heterocycles. The van der Waals surface area contributed by atoms with Crippen LogP contribution in [0.2, 0.25) is 0 Å². The van der Waals surface area contributed by atoms with Crippen LogP contribution in [0.15, 0.2) is 29.1 Å². The maximum atomic E-state index is 13.6. The molecule has 5 rings (SSSR count). The largest absolute Gasteiger partial charge is 0.508 e. The second-order valence-corrected chi connectivity index (χ2v) is 9.64. The Balaban J connectivity index is 1.72. The highest BCUT2D eigenvalue weighted by Gasteiger charge is 2.50. The number of carbonyl (C=O) groups is 2. The molecule has 36 heavy (non-hydrogen) atoms. The molecule has 1 unspecified atom stereocenters. The first-order valence-electron chi connectivity index (χ1n) is 11.8. The molecule has 10 heteroatoms. The first-order valence-corrected chi connectivity index (χ1v) is 11.8. The molecule has 0 amide bonds. The molecule has 2 atom stereocenters. The Morgan fingerprint density at radius 2 is 2.08 bits per heavy atom. The Morgan fingerprint density at radius 1 is 1.33 bits per heavy atom. The topological polar surface area (TPSA) is 137 Å². The van der Waals surface area contributed by atoms with Crippen LogP contribution in [-0.4, -0.2) is 51.6 Å². The molecule has 0 saturated carbocycles. The van der Waals surface area contributed by atoms with Gasteiger partial charge in [0.2, 0.25) is 5.60 Å². The van der Waals surface area contributed by atoms with E-state index in [2.05, 4.69) is 0 Å². The standard InChI is InChI=1S/C26H28N4O6/c1-5-26(36-24(33)13(2)27)18-9-20-22-14(10-30(20)23(32)17(18)12-35-25(26)34)8-15-16(11-29(3)4)21(31)7-6-19(15)28-22/h6-9,13,31H,5,10-12,27H2,1-4H3/t13?,26-/m0/s1. The summed E-state index contributed by atoms with van der Waals surface area (Å²) < 4.78 is 12.5. The molecule has 0 saturated heterocycles. The predicted octanol–water partition coefficient (Wildman–Crippen LogP) is 1.74. The monoisotopic (exact) mass is 492 g/mol. The number of phenolic OH excluding ortho intramolecular Hbond substituents is 1. The fourth-order valence-corrected chi connectivity index (χ4v) is 5.00. The molecule has 1 aromatic carbocycles. The minimum atomic E-state index is -1.77. The van der Waals surface area contributed by atoms with Crippen LogP contribution in [0.1, 0.15) is 42.5 Å². The number of hydrogen-bond donors (Lipinski definition) is 2. The lowest BCUT2D eigenvalue weighted by atomic mass is 9.85. The minimum absolute atomic E-state index is 0.0748. The lowest BCUT2D eigenvalue weighted by molar-refractivity contribution is -0.190. The smallest absolute Gasteiger partial charge is 0.355 e. The molecule has 3 N–H and O–H groups in total. The van der Waals surface area contributed by atoms with E-state index in [1.165, 1.54) is 6.92 Å². The number of fused-ring (bicyclic) bond motifs is 5. The first kappa shape index (κ1) is 24.0. The number of benzene rings is 1. The number of ether oxygens (including phenoxy) is 2. The summed E-state index contributed by atoms with van der Waals surface area (Å²) in [5, 5.41) is 11.3. The zero-order chi connectivity index (χ0) is 25.9. The van der Waals surface area contributed by atoms with E-state index >= 15 is 0 Å². The fourth-order valence-electron chi connectivity index (χ4n) is 5.00. The number of phenols is 1. The van der Waals surface area contributed by atoms with Crippen LogP contribution in [-0.2, 0) is 44.4 Å². The van der Waals surface area contributed by atoms with Crippen molar-refractivity contribution in [2.45, 2.75) is 51.6 Å². The number of aromatic nitrogens is 2. The lowest BCUT2D eigenvalue weighted by Gasteiger charge is -2.36. The van der Waals surface area contributed by atoms with Gasteiger partial charge in [-0.25, -0.2) is 9.78 Å². The van der Waals surface area contributed by atoms with Crippen molar-refractivity contribution in [3.63, 3.8) is 0 Å². The summed E-state index contributed by atoms with van der Waals surface area (Å²) >= 11 is 0. The van der Waals surface area contributed by atoms with Crippen LogP contribution in [0.5, 0.6) is 5.75 Å². The molecule has 2 aliphatic heterocycles. The van der Waals surface area contributed by atoms with Gasteiger partial charge in [0.05, 0.1) is 29.0 Å². The molecular weight excluding hydrogens is 464 g/mol. The summed E-state index contributed by atoms with van der Waals surface area (Å²) in [5.41, 5.74) is 7.54. The van der Waals surface area contributed by atoms with Gasteiger partial charge in [0.15, 0.2) is 0 Å². The number of pyridine rings is 2. The maximum Gasteiger partial charge on any atom is 0.355 e. The molecule has 3 aromatic rings. The highest BCUT2D eigenvalue weighted by atomic mass is 16.6. The third kappa shape index (κ3) is 3.48. The fraction of sp³-hybridized carbons (Fsp3) is 0.385. The Labute approximate surface area is 207 Å². The first-order chi connectivity index (χ1) is 17.1. The Morgan fingerprint density at radius 3 is 2.75 bits per heavy atom. The molecule has 0 spiro atoms. The summed E-state index contributed by atoms with van der Waals surface area (Å²) in [6.07, 6.45) is 0.0748. The van der Waals surface area contributed by atoms with Gasteiger partial charge in [-0.05, 0) is 51.7 Å². The zero-order valence-corrected chi connectivity index (χ0v) is 20.6. The van der Waals surface area contributed by atoms with E-state index in [1.807, 2.05) is 25.1 Å². The highest BCUT2D eigenvalue weighted by Crippen LogP contribution is 2.41. The molecular formula is C26H28N4O6. The van der Waals surface area contributed by atoms with Gasteiger partial charge in [-0.15, -0.1) is 0 Å². The molecule has 2 aliphatic rings. The van der Waals surface area contributed by atoms with Gasteiger partial charge in [-0.1, -0.05) is 6.92 Å². The highest BCUT2D eigenvalue weighted by molar-refractivity contribution is 5.90. The average molecular weight is 493 g/mol. The van der Waals surface area contributed by atoms with Crippen molar-refractivity contribution in [3.8, 4) is 17.1 Å². The van der Waals surface area contributed by atoms with E-state index < -0.39 is 23.6 Å². The number of nitrogens with zero attached hydrogens (tertiary/aromatic N) is 3. The third-order valence-electron chi connectivity index (χ3n) is 6.87. The molecule has 10 nitrogen and oxygen atoms in total. The van der Waals surface area contributed by atoms with Crippen molar-refractivity contribution in [3.05, 3.63) is 56.9 Å². The van der Waals surface area contributed by atoms with Gasteiger partial charge in [0, 0.05) is 28.6 Å². The molecule has 0 radical (unpaired) electrons. The summed E-state index contributed by atoms with van der Waals surface area (Å²) in [7, 11) is 3.83. The van der Waals surface area contributed by atoms with Crippen LogP contribution in [0.25, 0.3) is 22.3 Å². The number of rotatable bonds is 5. The zero-order valence-electron chi connectivity index (χ0n) is 20.6. The summed E-state index contributed by atoms with van der Waals surface area (Å²) in [5.74, 6) is -1.32. The third-order valence-corrected chi connectivity index (χ3v) is 6.87. The van der Waals surface area contributed by atoms with Gasteiger partial charge in [0.1, 0.15) is 18.4 Å². The molecule has 0 fully saturated rings. The second kappa shape index (κ2) is 8.42. The van der Waals surface area contributed by atoms with Crippen LogP contribution in [0.3, 0.4) is 0 Å². The van der Waals surface area contributed by atoms with E-state index in [-0.39, 0.29) is 36.4 Å². The summed E-state index contributed by atoms with van der Waals surface area (Å²) in [6.45, 7) is 3.75. The number of hydrogen-bond acceptors (Lipinski definition) is 9. The number of aromatic hydroxyl groups is 1. The number of cyclic esters (lactones) is 1. The minimum Gasteiger partial charge on any atom is -0.508 e. The SMILES string of the molecule is CC[C@@]1(OC(=O)C(C)N)C(=O)OCc2c1cc1n(c2=O)Cc2cc3c(CN(C)C)c(O)ccc3nc2-1. The van der Waals surface area contributed by atoms with Crippen LogP contribution >= 0.6 is 0 Å². The van der Waals surface area contributed by atoms with Crippen molar-refractivity contribution in [2.75, 3.05) is 14.1 Å². The van der Waals surface area contributed by atoms with Crippen molar-refractivity contribution in [1.29, 1.82) is 0 Å². The number of esters is 2. The molecule has 188 valence electrons. The summed E-state index contributed by atoms with van der Waals surface area (Å²) in [4.78, 5) is 45.8. The van der Waals surface area contributed by atoms with Crippen LogP contribution < -0.4 is 11.3 Å². The Bertz CT molecular complexity index is 1490. The molecule has 0 aliphatic carbocycles. The van der Waals surface area contributed by atoms with Crippen molar-refractivity contribution in [2.24, 2.45) is 5.73 Å². The molecule has 0 bridgehead atoms. The van der Waals surface area contributed by atoms with Crippen LogP contribution in [0, 0.1) is 0 Å². The van der Waals surface area contributed by atoms with E-state index in [0.717, 1.165) is 16.5 Å². The molecule has 2 aromatic heterocycles. The second-order valence-electron chi connectivity index (χ2n) is 9.64. The van der Waals surface area contributed by atoms with Gasteiger partial charge in [0.25, 0.3) is 5.56 Å². The number of carbonyl (C=O) groups excluding carboxylic acids is 2. The van der Waals surface area contributed by atoms with Gasteiger partial charge >= 0.3 is 11.9 Å². The normalized spacial score (nSPS) is 19.0. The van der Waals surface area contributed by atoms with Crippen molar-refractivity contribution < 1.29 is 24.2 Å². The van der Waals surface area contributed by atoms with E-state index in [9.17, 15) is 19.5 Å². The Kier molecular flexibility index (Phi) is 5.60. The van der Waals surface area contributed by atoms with Crippen LogP contribution in [0.4, 0.5) is 0 Å². The van der Waals surface area contributed by atoms with Gasteiger partial charge in [-0.3, -0.25) is 9.59 Å². The van der Waals surface area contributed by atoms with Gasteiger partial charge < -0.3 is 29.8 Å². The van der Waals surface area contributed by atoms with Gasteiger partial charge in [-0.2, -0.15) is 0 Å². The van der Waals surface area contributed by atoms with E-state index in [4.69, 9.17) is 20.2 Å². The lowest BCUT2D eigenvalue weighted by Crippen LogP contribution is -2.49. The Hall–Kier alpha value is -3.76. The quantitative estimate of drug-likeness (QED) is 0.399.